The first-order valence-corrected chi connectivity index (χ1v) is 10.6. The van der Waals surface area contributed by atoms with Crippen molar-refractivity contribution < 1.29 is 19.1 Å². The molecule has 2 aliphatic rings. The van der Waals surface area contributed by atoms with Crippen LogP contribution in [-0.2, 0) is 9.59 Å². The Morgan fingerprint density at radius 1 is 1.00 bits per heavy atom. The predicted molar refractivity (Wildman–Crippen MR) is 111 cm³/mol. The van der Waals surface area contributed by atoms with E-state index in [0.29, 0.717) is 30.4 Å². The zero-order valence-corrected chi connectivity index (χ0v) is 17.6. The highest BCUT2D eigenvalue weighted by molar-refractivity contribution is 5.78. The number of amides is 2. The molecule has 2 saturated heterocycles. The van der Waals surface area contributed by atoms with Crippen molar-refractivity contribution in [3.05, 3.63) is 24.3 Å². The molecule has 7 heteroatoms. The number of carbonyl (C=O) groups is 2. The zero-order valence-electron chi connectivity index (χ0n) is 17.6. The van der Waals surface area contributed by atoms with Gasteiger partial charge < -0.3 is 24.2 Å². The second-order valence-electron chi connectivity index (χ2n) is 8.01. The lowest BCUT2D eigenvalue weighted by Crippen LogP contribution is -2.47. The van der Waals surface area contributed by atoms with Crippen LogP contribution in [0.2, 0.25) is 0 Å². The van der Waals surface area contributed by atoms with Gasteiger partial charge in [-0.15, -0.1) is 0 Å². The number of para-hydroxylation sites is 2. The molecule has 2 aliphatic heterocycles. The Bertz CT molecular complexity index is 688. The smallest absolute Gasteiger partial charge is 0.260 e. The van der Waals surface area contributed by atoms with Gasteiger partial charge in [-0.3, -0.25) is 9.59 Å². The third-order valence-electron chi connectivity index (χ3n) is 5.91. The molecule has 7 nitrogen and oxygen atoms in total. The molecule has 0 aliphatic carbocycles. The van der Waals surface area contributed by atoms with Crippen LogP contribution in [0.4, 0.5) is 0 Å². The van der Waals surface area contributed by atoms with E-state index in [1.165, 1.54) is 0 Å². The van der Waals surface area contributed by atoms with E-state index < -0.39 is 0 Å². The number of benzene rings is 1. The van der Waals surface area contributed by atoms with Gasteiger partial charge in [0.05, 0.1) is 7.11 Å². The first kappa shape index (κ1) is 21.4. The molecule has 0 N–H and O–H groups in total. The minimum atomic E-state index is -0.00833. The normalized spacial score (nSPS) is 20.4. The van der Waals surface area contributed by atoms with Crippen LogP contribution in [0.1, 0.15) is 25.7 Å². The number of ether oxygens (including phenoxy) is 2. The number of methoxy groups -OCH3 is 1. The quantitative estimate of drug-likeness (QED) is 0.696. The lowest BCUT2D eigenvalue weighted by molar-refractivity contribution is -0.135. The molecule has 1 atom stereocenters. The standard InChI is InChI=1S/C22H33N3O4/c1-23-12-14-24(15-13-23)21(26)10-9-18-6-5-11-25(16-18)22(27)17-29-20-8-4-3-7-19(20)28-2/h3-4,7-8,18H,5-6,9-17H2,1-2H3/t18-/m0/s1. The van der Waals surface area contributed by atoms with Crippen molar-refractivity contribution in [2.75, 3.05) is 60.0 Å². The van der Waals surface area contributed by atoms with E-state index in [-0.39, 0.29) is 18.4 Å². The zero-order chi connectivity index (χ0) is 20.6. The Hall–Kier alpha value is -2.28. The van der Waals surface area contributed by atoms with E-state index in [9.17, 15) is 9.59 Å². The third kappa shape index (κ3) is 6.10. The van der Waals surface area contributed by atoms with Crippen LogP contribution >= 0.6 is 0 Å². The molecule has 3 rings (SSSR count). The maximum absolute atomic E-state index is 12.6. The number of likely N-dealkylation sites (tertiary alicyclic amines) is 1. The van der Waals surface area contributed by atoms with Gasteiger partial charge >= 0.3 is 0 Å². The Labute approximate surface area is 173 Å². The van der Waals surface area contributed by atoms with Crippen molar-refractivity contribution in [1.29, 1.82) is 0 Å². The monoisotopic (exact) mass is 403 g/mol. The summed E-state index contributed by atoms with van der Waals surface area (Å²) in [5.74, 6) is 1.83. The van der Waals surface area contributed by atoms with Gasteiger partial charge in [-0.05, 0) is 44.4 Å². The predicted octanol–water partition coefficient (Wildman–Crippen LogP) is 1.87. The van der Waals surface area contributed by atoms with E-state index in [0.717, 1.165) is 52.0 Å². The Kier molecular flexibility index (Phi) is 7.75. The van der Waals surface area contributed by atoms with E-state index in [1.807, 2.05) is 28.0 Å². The number of hydrogen-bond donors (Lipinski definition) is 0. The lowest BCUT2D eigenvalue weighted by atomic mass is 9.93. The maximum atomic E-state index is 12.6. The summed E-state index contributed by atoms with van der Waals surface area (Å²) in [6.07, 6.45) is 3.48. The number of nitrogens with zero attached hydrogens (tertiary/aromatic N) is 3. The molecular formula is C22H33N3O4. The molecule has 2 amide bonds. The summed E-state index contributed by atoms with van der Waals surface area (Å²) in [5, 5.41) is 0. The van der Waals surface area contributed by atoms with Gasteiger partial charge in [-0.25, -0.2) is 0 Å². The molecule has 0 saturated carbocycles. The van der Waals surface area contributed by atoms with E-state index >= 15 is 0 Å². The highest BCUT2D eigenvalue weighted by atomic mass is 16.5. The third-order valence-corrected chi connectivity index (χ3v) is 5.91. The summed E-state index contributed by atoms with van der Waals surface area (Å²) >= 11 is 0. The number of carbonyl (C=O) groups excluding carboxylic acids is 2. The molecule has 2 fully saturated rings. The second-order valence-corrected chi connectivity index (χ2v) is 8.01. The highest BCUT2D eigenvalue weighted by Crippen LogP contribution is 2.26. The Morgan fingerprint density at radius 2 is 1.72 bits per heavy atom. The SMILES string of the molecule is COc1ccccc1OCC(=O)N1CCC[C@@H](CCC(=O)N2CCN(C)CC2)C1. The van der Waals surface area contributed by atoms with Crippen LogP contribution in [-0.4, -0.2) is 86.5 Å². The maximum Gasteiger partial charge on any atom is 0.260 e. The summed E-state index contributed by atoms with van der Waals surface area (Å²) in [6.45, 7) is 5.03. The second kappa shape index (κ2) is 10.5. The number of likely N-dealkylation sites (N-methyl/N-ethyl adjacent to an activating group) is 1. The molecule has 160 valence electrons. The summed E-state index contributed by atoms with van der Waals surface area (Å²) < 4.78 is 10.9. The van der Waals surface area contributed by atoms with Gasteiger partial charge in [0.2, 0.25) is 5.91 Å². The van der Waals surface area contributed by atoms with Crippen molar-refractivity contribution in [2.45, 2.75) is 25.7 Å². The minimum absolute atomic E-state index is 0.00726. The molecule has 0 spiro atoms. The molecule has 0 radical (unpaired) electrons. The van der Waals surface area contributed by atoms with E-state index in [4.69, 9.17) is 9.47 Å². The summed E-state index contributed by atoms with van der Waals surface area (Å²) in [7, 11) is 3.68. The average molecular weight is 404 g/mol. The lowest BCUT2D eigenvalue weighted by Gasteiger charge is -2.34. The summed E-state index contributed by atoms with van der Waals surface area (Å²) in [6, 6.07) is 7.34. The summed E-state index contributed by atoms with van der Waals surface area (Å²) in [4.78, 5) is 31.2. The van der Waals surface area contributed by atoms with Crippen molar-refractivity contribution in [2.24, 2.45) is 5.92 Å². The molecule has 0 bridgehead atoms. The highest BCUT2D eigenvalue weighted by Gasteiger charge is 2.26. The van der Waals surface area contributed by atoms with Gasteiger partial charge in [0.15, 0.2) is 18.1 Å². The fraction of sp³-hybridized carbons (Fsp3) is 0.636. The van der Waals surface area contributed by atoms with Gasteiger partial charge in [0.25, 0.3) is 5.91 Å². The number of piperidine rings is 1. The summed E-state index contributed by atoms with van der Waals surface area (Å²) in [5.41, 5.74) is 0. The molecule has 1 aromatic carbocycles. The van der Waals surface area contributed by atoms with Crippen molar-refractivity contribution in [3.63, 3.8) is 0 Å². The van der Waals surface area contributed by atoms with Crippen molar-refractivity contribution >= 4 is 11.8 Å². The van der Waals surface area contributed by atoms with Crippen LogP contribution < -0.4 is 9.47 Å². The number of rotatable bonds is 7. The van der Waals surface area contributed by atoms with Crippen LogP contribution in [0.25, 0.3) is 0 Å². The molecule has 1 aromatic rings. The van der Waals surface area contributed by atoms with Gasteiger partial charge in [-0.2, -0.15) is 0 Å². The Balaban J connectivity index is 1.42. The van der Waals surface area contributed by atoms with Crippen LogP contribution in [0.5, 0.6) is 11.5 Å². The molecule has 0 aromatic heterocycles. The van der Waals surface area contributed by atoms with Gasteiger partial charge in [0, 0.05) is 45.7 Å². The first-order valence-electron chi connectivity index (χ1n) is 10.6. The van der Waals surface area contributed by atoms with Crippen molar-refractivity contribution in [1.82, 2.24) is 14.7 Å². The van der Waals surface area contributed by atoms with Gasteiger partial charge in [0.1, 0.15) is 0 Å². The fourth-order valence-corrected chi connectivity index (χ4v) is 4.04. The van der Waals surface area contributed by atoms with E-state index in [2.05, 4.69) is 11.9 Å². The molecule has 29 heavy (non-hydrogen) atoms. The van der Waals surface area contributed by atoms with Gasteiger partial charge in [-0.1, -0.05) is 12.1 Å². The fourth-order valence-electron chi connectivity index (χ4n) is 4.04. The van der Waals surface area contributed by atoms with Crippen LogP contribution in [0.15, 0.2) is 24.3 Å². The minimum Gasteiger partial charge on any atom is -0.493 e. The number of piperazine rings is 1. The number of hydrogen-bond acceptors (Lipinski definition) is 5. The molecular weight excluding hydrogens is 370 g/mol. The first-order chi connectivity index (χ1) is 14.1. The topological polar surface area (TPSA) is 62.3 Å². The van der Waals surface area contributed by atoms with Crippen LogP contribution in [0.3, 0.4) is 0 Å². The molecule has 0 unspecified atom stereocenters. The average Bonchev–Trinajstić information content (AvgIpc) is 2.76. The Morgan fingerprint density at radius 3 is 2.45 bits per heavy atom. The van der Waals surface area contributed by atoms with E-state index in [1.54, 1.807) is 13.2 Å². The van der Waals surface area contributed by atoms with Crippen LogP contribution in [0, 0.1) is 5.92 Å². The molecule has 2 heterocycles. The van der Waals surface area contributed by atoms with Crippen molar-refractivity contribution in [3.8, 4) is 11.5 Å². The largest absolute Gasteiger partial charge is 0.493 e.